The molecule has 5 heterocycles. The number of piperazine rings is 1. The summed E-state index contributed by atoms with van der Waals surface area (Å²) in [7, 11) is 0. The van der Waals surface area contributed by atoms with Crippen LogP contribution < -0.4 is 15.6 Å². The monoisotopic (exact) mass is 448 g/mol. The number of carbonyl (C=O) groups is 1. The Bertz CT molecular complexity index is 1220. The van der Waals surface area contributed by atoms with Gasteiger partial charge in [-0.15, -0.1) is 16.3 Å². The first-order chi connectivity index (χ1) is 15.5. The molecule has 0 radical (unpaired) electrons. The van der Waals surface area contributed by atoms with Crippen molar-refractivity contribution in [2.24, 2.45) is 0 Å². The van der Waals surface area contributed by atoms with Gasteiger partial charge >= 0.3 is 0 Å². The van der Waals surface area contributed by atoms with Crippen LogP contribution in [0.5, 0.6) is 0 Å². The Kier molecular flexibility index (Phi) is 4.58. The molecule has 2 aromatic heterocycles. The van der Waals surface area contributed by atoms with Crippen LogP contribution in [0, 0.1) is 6.92 Å². The fourth-order valence-corrected chi connectivity index (χ4v) is 7.21. The van der Waals surface area contributed by atoms with Crippen molar-refractivity contribution < 1.29 is 4.79 Å². The van der Waals surface area contributed by atoms with E-state index in [0.717, 1.165) is 45.4 Å². The minimum absolute atomic E-state index is 0.110. The molecule has 2 atom stereocenters. The standard InChI is InChI=1S/C25H29N5OS/c1-3-17-12-16(5-9-21(17)30-13-18-6-7-19(14-30)29(18)30)10-11-27-24(31)23-22(26)20-8-4-15(2)28-25(20)32-23/h4-5,8-9,12,18-19H,3,6-7,10-11,13-14H2,1-2H3,(H2-,26,27,31)/p+1. The van der Waals surface area contributed by atoms with Crippen molar-refractivity contribution in [3.05, 3.63) is 52.0 Å². The summed E-state index contributed by atoms with van der Waals surface area (Å²) in [4.78, 5) is 18.6. The number of carbonyl (C=O) groups excluding carboxylic acids is 1. The number of fused-ring (bicyclic) bond motifs is 1. The quantitative estimate of drug-likeness (QED) is 0.563. The highest BCUT2D eigenvalue weighted by atomic mass is 32.1. The first-order valence-corrected chi connectivity index (χ1v) is 12.5. The van der Waals surface area contributed by atoms with Gasteiger partial charge in [-0.1, -0.05) is 13.0 Å². The third-order valence-corrected chi connectivity index (χ3v) is 8.77. The maximum atomic E-state index is 12.8. The molecule has 2 unspecified atom stereocenters. The molecule has 6 rings (SSSR count). The Morgan fingerprint density at radius 1 is 1.25 bits per heavy atom. The second-order valence-corrected chi connectivity index (χ2v) is 10.5. The molecule has 1 aromatic carbocycles. The number of amides is 1. The van der Waals surface area contributed by atoms with E-state index in [0.29, 0.717) is 17.1 Å². The van der Waals surface area contributed by atoms with Crippen LogP contribution in [0.3, 0.4) is 0 Å². The topological polar surface area (TPSA) is 71.2 Å². The molecule has 3 aliphatic rings. The molecule has 6 nitrogen and oxygen atoms in total. The summed E-state index contributed by atoms with van der Waals surface area (Å²) in [5.41, 5.74) is 11.9. The molecule has 3 aromatic rings. The number of quaternary nitrogens is 1. The van der Waals surface area contributed by atoms with Crippen molar-refractivity contribution in [1.29, 1.82) is 0 Å². The van der Waals surface area contributed by atoms with Gasteiger partial charge < -0.3 is 11.1 Å². The Morgan fingerprint density at radius 2 is 2.03 bits per heavy atom. The van der Waals surface area contributed by atoms with Crippen LogP contribution in [0.2, 0.25) is 0 Å². The predicted molar refractivity (Wildman–Crippen MR) is 131 cm³/mol. The van der Waals surface area contributed by atoms with E-state index >= 15 is 0 Å². The Balaban J connectivity index is 1.13. The molecule has 0 aliphatic carbocycles. The van der Waals surface area contributed by atoms with Gasteiger partial charge in [-0.3, -0.25) is 4.79 Å². The molecular formula is C25H30N5OS+. The van der Waals surface area contributed by atoms with Gasteiger partial charge in [0.25, 0.3) is 5.91 Å². The zero-order valence-electron chi connectivity index (χ0n) is 18.7. The Morgan fingerprint density at radius 3 is 2.78 bits per heavy atom. The number of nitrogens with two attached hydrogens (primary N) is 1. The number of nitrogens with zero attached hydrogens (tertiary/aromatic N) is 3. The highest BCUT2D eigenvalue weighted by Gasteiger charge is 2.70. The maximum absolute atomic E-state index is 12.8. The van der Waals surface area contributed by atoms with Gasteiger partial charge in [-0.05, 0) is 56.4 Å². The molecule has 7 heteroatoms. The number of aromatic nitrogens is 1. The lowest BCUT2D eigenvalue weighted by atomic mass is 9.97. The summed E-state index contributed by atoms with van der Waals surface area (Å²) in [6.45, 7) is 7.36. The average Bonchev–Trinajstić information content (AvgIpc) is 3.13. The van der Waals surface area contributed by atoms with E-state index in [1.54, 1.807) is 0 Å². The number of benzene rings is 1. The van der Waals surface area contributed by atoms with Crippen LogP contribution in [-0.2, 0) is 12.8 Å². The molecule has 0 spiro atoms. The van der Waals surface area contributed by atoms with Crippen molar-refractivity contribution in [3.63, 3.8) is 0 Å². The summed E-state index contributed by atoms with van der Waals surface area (Å²) < 4.78 is 1.09. The van der Waals surface area contributed by atoms with Crippen molar-refractivity contribution >= 4 is 38.8 Å². The molecule has 3 aliphatic heterocycles. The molecule has 0 bridgehead atoms. The lowest BCUT2D eigenvalue weighted by Gasteiger charge is -2.65. The molecule has 3 fully saturated rings. The lowest BCUT2D eigenvalue weighted by Crippen LogP contribution is -2.88. The molecule has 166 valence electrons. The van der Waals surface area contributed by atoms with Crippen molar-refractivity contribution in [1.82, 2.24) is 19.9 Å². The van der Waals surface area contributed by atoms with E-state index in [1.807, 2.05) is 19.1 Å². The Hall–Kier alpha value is -2.48. The lowest BCUT2D eigenvalue weighted by molar-refractivity contribution is -0.231. The smallest absolute Gasteiger partial charge is 0.263 e. The summed E-state index contributed by atoms with van der Waals surface area (Å²) >= 11 is 1.37. The number of pyridine rings is 1. The molecule has 3 N–H and O–H groups in total. The second-order valence-electron chi connectivity index (χ2n) is 9.53. The molecule has 3 saturated heterocycles. The number of anilines is 1. The minimum atomic E-state index is -0.110. The number of thiophene rings is 1. The number of hydrogen-bond acceptors (Lipinski definition) is 5. The van der Waals surface area contributed by atoms with Gasteiger partial charge in [-0.2, -0.15) is 0 Å². The van der Waals surface area contributed by atoms with E-state index in [-0.39, 0.29) is 5.91 Å². The van der Waals surface area contributed by atoms with E-state index in [1.165, 1.54) is 54.1 Å². The van der Waals surface area contributed by atoms with Gasteiger partial charge in [-0.25, -0.2) is 9.58 Å². The first-order valence-electron chi connectivity index (χ1n) is 11.7. The van der Waals surface area contributed by atoms with Gasteiger partial charge in [0.2, 0.25) is 0 Å². The molecular weight excluding hydrogens is 418 g/mol. The van der Waals surface area contributed by atoms with Crippen LogP contribution in [0.15, 0.2) is 30.3 Å². The van der Waals surface area contributed by atoms with E-state index in [2.05, 4.69) is 40.4 Å². The SMILES string of the molecule is CCc1cc(CCNC(=O)c2sc3nc(C)ccc3c2N)ccc1[N+]12CC3CCC(C1)N32. The van der Waals surface area contributed by atoms with Gasteiger partial charge in [0.1, 0.15) is 34.9 Å². The number of nitrogens with one attached hydrogen (secondary N) is 1. The molecule has 1 amide bonds. The number of aryl methyl sites for hydroxylation is 2. The molecule has 0 saturated carbocycles. The van der Waals surface area contributed by atoms with E-state index in [9.17, 15) is 4.79 Å². The van der Waals surface area contributed by atoms with Crippen LogP contribution in [0.1, 0.15) is 46.3 Å². The zero-order valence-corrected chi connectivity index (χ0v) is 19.5. The van der Waals surface area contributed by atoms with Crippen LogP contribution in [-0.4, -0.2) is 47.6 Å². The average molecular weight is 449 g/mol. The van der Waals surface area contributed by atoms with E-state index in [4.69, 9.17) is 5.73 Å². The van der Waals surface area contributed by atoms with Crippen LogP contribution in [0.25, 0.3) is 10.2 Å². The maximum Gasteiger partial charge on any atom is 0.263 e. The zero-order chi connectivity index (χ0) is 22.0. The third kappa shape index (κ3) is 2.84. The Labute approximate surface area is 192 Å². The summed E-state index contributed by atoms with van der Waals surface area (Å²) in [5, 5.41) is 6.66. The van der Waals surface area contributed by atoms with Gasteiger partial charge in [0.15, 0.2) is 5.69 Å². The summed E-state index contributed by atoms with van der Waals surface area (Å²) in [6, 6.07) is 12.5. The molecule has 32 heavy (non-hydrogen) atoms. The normalized spacial score (nSPS) is 25.9. The highest BCUT2D eigenvalue weighted by molar-refractivity contribution is 7.21. The third-order valence-electron chi connectivity index (χ3n) is 7.66. The predicted octanol–water partition coefficient (Wildman–Crippen LogP) is 3.80. The van der Waals surface area contributed by atoms with Gasteiger partial charge in [0, 0.05) is 29.3 Å². The van der Waals surface area contributed by atoms with Crippen molar-refractivity contribution in [2.75, 3.05) is 25.4 Å². The van der Waals surface area contributed by atoms with Crippen molar-refractivity contribution in [2.45, 2.75) is 51.6 Å². The van der Waals surface area contributed by atoms with Crippen molar-refractivity contribution in [3.8, 4) is 0 Å². The summed E-state index contributed by atoms with van der Waals surface area (Å²) in [5.74, 6) is -0.110. The number of rotatable bonds is 6. The van der Waals surface area contributed by atoms with Crippen LogP contribution in [0.4, 0.5) is 11.4 Å². The number of nitrogen functional groups attached to an aromatic ring is 1. The minimum Gasteiger partial charge on any atom is -0.397 e. The van der Waals surface area contributed by atoms with Crippen LogP contribution >= 0.6 is 11.3 Å². The fourth-order valence-electron chi connectivity index (χ4n) is 6.15. The second kappa shape index (κ2) is 7.27. The number of hydrogen-bond donors (Lipinski definition) is 2. The fraction of sp³-hybridized carbons (Fsp3) is 0.440. The van der Waals surface area contributed by atoms with E-state index < -0.39 is 0 Å². The largest absolute Gasteiger partial charge is 0.397 e. The summed E-state index contributed by atoms with van der Waals surface area (Å²) in [6.07, 6.45) is 4.62. The first kappa shape index (κ1) is 20.1. The highest BCUT2D eigenvalue weighted by Crippen LogP contribution is 2.53. The van der Waals surface area contributed by atoms with Gasteiger partial charge in [0.05, 0.1) is 5.69 Å².